The topological polar surface area (TPSA) is 79.3 Å². The Labute approximate surface area is 79.9 Å². The molecule has 0 aromatic heterocycles. The fraction of sp³-hybridized carbons (Fsp3) is 0.429. The fourth-order valence-corrected chi connectivity index (χ4v) is 0.977. The maximum atomic E-state index is 11.3. The quantitative estimate of drug-likeness (QED) is 0.509. The van der Waals surface area contributed by atoms with Gasteiger partial charge >= 0.3 is 6.03 Å². The molecule has 1 rings (SSSR count). The third kappa shape index (κ3) is 1.32. The van der Waals surface area contributed by atoms with Gasteiger partial charge in [0.15, 0.2) is 0 Å². The molecule has 14 heavy (non-hydrogen) atoms. The molecular formula is C7H9N3O4. The first-order valence-corrected chi connectivity index (χ1v) is 3.72. The number of hydrogen-bond acceptors (Lipinski definition) is 5. The van der Waals surface area contributed by atoms with E-state index in [9.17, 15) is 14.4 Å². The normalized spacial score (nSPS) is 17.6. The van der Waals surface area contributed by atoms with Crippen LogP contribution in [0.3, 0.4) is 0 Å². The maximum Gasteiger partial charge on any atom is 0.333 e. The van der Waals surface area contributed by atoms with E-state index in [0.29, 0.717) is 0 Å². The Bertz CT molecular complexity index is 310. The first kappa shape index (κ1) is 10.2. The minimum absolute atomic E-state index is 0.405. The van der Waals surface area contributed by atoms with Crippen LogP contribution >= 0.6 is 0 Å². The molecule has 4 amide bonds. The highest BCUT2D eigenvalue weighted by molar-refractivity contribution is 6.68. The Balaban J connectivity index is 3.11. The van der Waals surface area contributed by atoms with Crippen LogP contribution < -0.4 is 0 Å². The third-order valence-corrected chi connectivity index (χ3v) is 1.77. The van der Waals surface area contributed by atoms with E-state index in [2.05, 4.69) is 9.99 Å². The highest BCUT2D eigenvalue weighted by Gasteiger charge is 2.40. The summed E-state index contributed by atoms with van der Waals surface area (Å²) in [5.74, 6) is -1.53. The lowest BCUT2D eigenvalue weighted by Crippen LogP contribution is -2.57. The number of carbonyl (C=O) groups excluding carboxylic acids is 3. The average molecular weight is 199 g/mol. The lowest BCUT2D eigenvalue weighted by Gasteiger charge is -2.27. The summed E-state index contributed by atoms with van der Waals surface area (Å²) in [5, 5.41) is 3.26. The van der Waals surface area contributed by atoms with Gasteiger partial charge in [0.1, 0.15) is 7.11 Å². The Morgan fingerprint density at radius 2 is 1.50 bits per heavy atom. The van der Waals surface area contributed by atoms with Crippen molar-refractivity contribution in [2.75, 3.05) is 21.2 Å². The average Bonchev–Trinajstić information content (AvgIpc) is 2.19. The van der Waals surface area contributed by atoms with Crippen molar-refractivity contribution in [2.45, 2.75) is 0 Å². The molecule has 76 valence electrons. The molecule has 7 heteroatoms. The zero-order chi connectivity index (χ0) is 10.9. The fourth-order valence-electron chi connectivity index (χ4n) is 0.977. The van der Waals surface area contributed by atoms with Gasteiger partial charge in [0.2, 0.25) is 5.71 Å². The summed E-state index contributed by atoms with van der Waals surface area (Å²) in [7, 11) is 3.74. The van der Waals surface area contributed by atoms with Crippen molar-refractivity contribution in [1.82, 2.24) is 9.80 Å². The molecule has 7 nitrogen and oxygen atoms in total. The second kappa shape index (κ2) is 3.44. The predicted octanol–water partition coefficient (Wildman–Crippen LogP) is -0.961. The van der Waals surface area contributed by atoms with Crippen LogP contribution in [0.25, 0.3) is 0 Å². The number of oxime groups is 1. The molecule has 1 saturated heterocycles. The zero-order valence-electron chi connectivity index (χ0n) is 7.97. The maximum absolute atomic E-state index is 11.3. The summed E-state index contributed by atoms with van der Waals surface area (Å²) in [6, 6.07) is -0.685. The lowest BCUT2D eigenvalue weighted by atomic mass is 10.2. The van der Waals surface area contributed by atoms with Crippen LogP contribution in [0.4, 0.5) is 4.79 Å². The minimum Gasteiger partial charge on any atom is -0.398 e. The highest BCUT2D eigenvalue weighted by Crippen LogP contribution is 2.06. The molecule has 0 N–H and O–H groups in total. The summed E-state index contributed by atoms with van der Waals surface area (Å²) < 4.78 is 0. The van der Waals surface area contributed by atoms with Gasteiger partial charge in [-0.15, -0.1) is 0 Å². The number of amides is 4. The van der Waals surface area contributed by atoms with Crippen molar-refractivity contribution in [3.05, 3.63) is 0 Å². The van der Waals surface area contributed by atoms with Crippen molar-refractivity contribution >= 4 is 23.6 Å². The van der Waals surface area contributed by atoms with Crippen molar-refractivity contribution in [2.24, 2.45) is 5.16 Å². The van der Waals surface area contributed by atoms with Crippen molar-refractivity contribution < 1.29 is 19.2 Å². The monoisotopic (exact) mass is 199 g/mol. The number of hydrogen-bond donors (Lipinski definition) is 0. The van der Waals surface area contributed by atoms with Crippen molar-refractivity contribution in [1.29, 1.82) is 0 Å². The second-order valence-corrected chi connectivity index (χ2v) is 2.63. The third-order valence-electron chi connectivity index (χ3n) is 1.77. The van der Waals surface area contributed by atoms with Gasteiger partial charge in [-0.1, -0.05) is 5.16 Å². The first-order chi connectivity index (χ1) is 6.50. The van der Waals surface area contributed by atoms with Crippen LogP contribution in [0.5, 0.6) is 0 Å². The molecule has 1 aliphatic heterocycles. The van der Waals surface area contributed by atoms with E-state index in [-0.39, 0.29) is 0 Å². The summed E-state index contributed by atoms with van der Waals surface area (Å²) >= 11 is 0. The molecule has 0 spiro atoms. The van der Waals surface area contributed by atoms with Crippen LogP contribution in [-0.4, -0.2) is 54.6 Å². The molecule has 1 fully saturated rings. The summed E-state index contributed by atoms with van der Waals surface area (Å²) in [6.07, 6.45) is 0. The Morgan fingerprint density at radius 3 is 1.86 bits per heavy atom. The van der Waals surface area contributed by atoms with Crippen molar-refractivity contribution in [3.8, 4) is 0 Å². The molecule has 0 bridgehead atoms. The van der Waals surface area contributed by atoms with E-state index in [1.165, 1.54) is 21.2 Å². The van der Waals surface area contributed by atoms with Gasteiger partial charge in [0, 0.05) is 14.1 Å². The van der Waals surface area contributed by atoms with E-state index in [4.69, 9.17) is 0 Å². The number of urea groups is 1. The van der Waals surface area contributed by atoms with Gasteiger partial charge in [-0.25, -0.2) is 4.79 Å². The second-order valence-electron chi connectivity index (χ2n) is 2.63. The molecule has 0 aromatic carbocycles. The number of carbonyl (C=O) groups is 3. The number of barbiturate groups is 1. The molecule has 0 saturated carbocycles. The molecule has 0 radical (unpaired) electrons. The molecule has 1 heterocycles. The largest absolute Gasteiger partial charge is 0.398 e. The van der Waals surface area contributed by atoms with Crippen LogP contribution in [0.15, 0.2) is 5.16 Å². The molecule has 0 unspecified atom stereocenters. The van der Waals surface area contributed by atoms with E-state index < -0.39 is 23.6 Å². The van der Waals surface area contributed by atoms with Crippen LogP contribution in [-0.2, 0) is 14.4 Å². The van der Waals surface area contributed by atoms with Crippen LogP contribution in [0.1, 0.15) is 0 Å². The van der Waals surface area contributed by atoms with E-state index in [1.807, 2.05) is 0 Å². The highest BCUT2D eigenvalue weighted by atomic mass is 16.6. The smallest absolute Gasteiger partial charge is 0.333 e. The van der Waals surface area contributed by atoms with E-state index in [0.717, 1.165) is 9.80 Å². The van der Waals surface area contributed by atoms with Crippen LogP contribution in [0, 0.1) is 0 Å². The van der Waals surface area contributed by atoms with Crippen molar-refractivity contribution in [3.63, 3.8) is 0 Å². The zero-order valence-corrected chi connectivity index (χ0v) is 7.97. The van der Waals surface area contributed by atoms with E-state index >= 15 is 0 Å². The van der Waals surface area contributed by atoms with Gasteiger partial charge in [0.25, 0.3) is 11.8 Å². The molecule has 1 aliphatic rings. The number of imide groups is 2. The summed E-state index contributed by atoms with van der Waals surface area (Å²) in [5.41, 5.74) is -0.405. The Kier molecular flexibility index (Phi) is 2.50. The Hall–Kier alpha value is -1.92. The van der Waals surface area contributed by atoms with Gasteiger partial charge in [-0.3, -0.25) is 19.4 Å². The molecule has 0 aromatic rings. The minimum atomic E-state index is -0.764. The molecular weight excluding hydrogens is 190 g/mol. The number of nitrogens with zero attached hydrogens (tertiary/aromatic N) is 3. The van der Waals surface area contributed by atoms with Gasteiger partial charge in [-0.05, 0) is 0 Å². The lowest BCUT2D eigenvalue weighted by molar-refractivity contribution is -0.129. The first-order valence-electron chi connectivity index (χ1n) is 3.72. The van der Waals surface area contributed by atoms with E-state index in [1.54, 1.807) is 0 Å². The molecule has 0 atom stereocenters. The number of rotatable bonds is 1. The SMILES string of the molecule is CON=C1C(=O)N(C)C(=O)N(C)C1=O. The van der Waals surface area contributed by atoms with Gasteiger partial charge in [-0.2, -0.15) is 0 Å². The summed E-state index contributed by atoms with van der Waals surface area (Å²) in [4.78, 5) is 39.8. The van der Waals surface area contributed by atoms with Gasteiger partial charge < -0.3 is 4.84 Å². The summed E-state index contributed by atoms with van der Waals surface area (Å²) in [6.45, 7) is 0. The van der Waals surface area contributed by atoms with Crippen LogP contribution in [0.2, 0.25) is 0 Å². The molecule has 0 aliphatic carbocycles. The standard InChI is InChI=1S/C7H9N3O4/c1-9-5(11)4(8-14-3)6(12)10(2)7(9)13/h1-3H3. The predicted molar refractivity (Wildman–Crippen MR) is 45.4 cm³/mol. The van der Waals surface area contributed by atoms with Gasteiger partial charge in [0.05, 0.1) is 0 Å². The Morgan fingerprint density at radius 1 is 1.07 bits per heavy atom.